The molecule has 2 aliphatic carbocycles. The van der Waals surface area contributed by atoms with Gasteiger partial charge in [0, 0.05) is 17.5 Å². The highest BCUT2D eigenvalue weighted by Gasteiger charge is 2.48. The van der Waals surface area contributed by atoms with E-state index in [0.717, 1.165) is 24.2 Å². The van der Waals surface area contributed by atoms with Crippen LogP contribution in [0.25, 0.3) is 0 Å². The summed E-state index contributed by atoms with van der Waals surface area (Å²) >= 11 is 0. The van der Waals surface area contributed by atoms with Crippen molar-refractivity contribution in [3.05, 3.63) is 29.8 Å². The number of carbonyl (C=O) groups excluding carboxylic acids is 1. The van der Waals surface area contributed by atoms with Crippen molar-refractivity contribution < 1.29 is 9.53 Å². The summed E-state index contributed by atoms with van der Waals surface area (Å²) in [7, 11) is 0. The summed E-state index contributed by atoms with van der Waals surface area (Å²) in [6.45, 7) is 2.79. The van der Waals surface area contributed by atoms with E-state index in [1.807, 2.05) is 24.3 Å². The van der Waals surface area contributed by atoms with Crippen molar-refractivity contribution in [1.82, 2.24) is 0 Å². The number of carbonyl (C=O) groups is 1. The molecular weight excluding hydrogens is 250 g/mol. The van der Waals surface area contributed by atoms with Crippen LogP contribution >= 0.6 is 0 Å². The SMILES string of the molecule is CCCOc1ccc(C(=O)C2C3CCC(C3)C2N)cc1. The molecule has 2 fully saturated rings. The molecule has 20 heavy (non-hydrogen) atoms. The Bertz CT molecular complexity index is 480. The molecule has 0 aromatic heterocycles. The van der Waals surface area contributed by atoms with Crippen LogP contribution in [0.5, 0.6) is 5.75 Å². The van der Waals surface area contributed by atoms with Gasteiger partial charge in [-0.25, -0.2) is 0 Å². The third-order valence-electron chi connectivity index (χ3n) is 4.90. The molecule has 1 aromatic carbocycles. The van der Waals surface area contributed by atoms with E-state index in [2.05, 4.69) is 6.92 Å². The van der Waals surface area contributed by atoms with Gasteiger partial charge in [0.2, 0.25) is 0 Å². The topological polar surface area (TPSA) is 52.3 Å². The molecule has 4 unspecified atom stereocenters. The van der Waals surface area contributed by atoms with Gasteiger partial charge in [-0.1, -0.05) is 6.92 Å². The monoisotopic (exact) mass is 273 g/mol. The molecule has 0 aliphatic heterocycles. The molecule has 3 nitrogen and oxygen atoms in total. The van der Waals surface area contributed by atoms with Gasteiger partial charge in [0.25, 0.3) is 0 Å². The van der Waals surface area contributed by atoms with E-state index < -0.39 is 0 Å². The van der Waals surface area contributed by atoms with E-state index in [-0.39, 0.29) is 17.7 Å². The molecule has 3 heteroatoms. The molecule has 0 radical (unpaired) electrons. The highest BCUT2D eigenvalue weighted by atomic mass is 16.5. The first-order chi connectivity index (χ1) is 9.70. The molecule has 2 aliphatic rings. The lowest BCUT2D eigenvalue weighted by molar-refractivity contribution is 0.0856. The van der Waals surface area contributed by atoms with Crippen LogP contribution in [0.3, 0.4) is 0 Å². The summed E-state index contributed by atoms with van der Waals surface area (Å²) in [6.07, 6.45) is 4.52. The number of ketones is 1. The van der Waals surface area contributed by atoms with E-state index in [1.165, 1.54) is 12.8 Å². The van der Waals surface area contributed by atoms with Gasteiger partial charge in [0.15, 0.2) is 5.78 Å². The van der Waals surface area contributed by atoms with Gasteiger partial charge in [-0.3, -0.25) is 4.79 Å². The van der Waals surface area contributed by atoms with E-state index in [1.54, 1.807) is 0 Å². The lowest BCUT2D eigenvalue weighted by Gasteiger charge is -2.26. The molecular formula is C17H23NO2. The van der Waals surface area contributed by atoms with E-state index >= 15 is 0 Å². The fourth-order valence-electron chi connectivity index (χ4n) is 3.85. The van der Waals surface area contributed by atoms with Gasteiger partial charge in [0.05, 0.1) is 6.61 Å². The van der Waals surface area contributed by atoms with Crippen LogP contribution < -0.4 is 10.5 Å². The number of ether oxygens (including phenoxy) is 1. The van der Waals surface area contributed by atoms with Crippen molar-refractivity contribution in [1.29, 1.82) is 0 Å². The molecule has 3 rings (SSSR count). The Morgan fingerprint density at radius 1 is 1.25 bits per heavy atom. The number of benzene rings is 1. The number of Topliss-reactive ketones (excluding diaryl/α,β-unsaturated/α-hetero) is 1. The quantitative estimate of drug-likeness (QED) is 0.839. The molecule has 2 saturated carbocycles. The lowest BCUT2D eigenvalue weighted by atomic mass is 9.80. The van der Waals surface area contributed by atoms with Gasteiger partial charge in [0.1, 0.15) is 5.75 Å². The summed E-state index contributed by atoms with van der Waals surface area (Å²) in [5, 5.41) is 0. The Labute approximate surface area is 120 Å². The van der Waals surface area contributed by atoms with Gasteiger partial charge in [-0.15, -0.1) is 0 Å². The minimum atomic E-state index is 0.0381. The molecule has 0 heterocycles. The number of hydrogen-bond donors (Lipinski definition) is 1. The normalized spacial score (nSPS) is 31.5. The van der Waals surface area contributed by atoms with Crippen LogP contribution in [0.4, 0.5) is 0 Å². The molecule has 1 aromatic rings. The van der Waals surface area contributed by atoms with Crippen LogP contribution in [0, 0.1) is 17.8 Å². The fourth-order valence-corrected chi connectivity index (χ4v) is 3.85. The number of fused-ring (bicyclic) bond motifs is 2. The van der Waals surface area contributed by atoms with Crippen LogP contribution in [0.2, 0.25) is 0 Å². The Morgan fingerprint density at radius 2 is 1.95 bits per heavy atom. The molecule has 0 saturated heterocycles. The van der Waals surface area contributed by atoms with E-state index in [0.29, 0.717) is 18.4 Å². The van der Waals surface area contributed by atoms with Crippen LogP contribution in [0.15, 0.2) is 24.3 Å². The van der Waals surface area contributed by atoms with Gasteiger partial charge in [-0.05, 0) is 61.8 Å². The maximum Gasteiger partial charge on any atom is 0.167 e. The first kappa shape index (κ1) is 13.6. The molecule has 0 spiro atoms. The zero-order chi connectivity index (χ0) is 14.1. The summed E-state index contributed by atoms with van der Waals surface area (Å²) in [6, 6.07) is 7.61. The molecule has 4 atom stereocenters. The first-order valence-electron chi connectivity index (χ1n) is 7.73. The van der Waals surface area contributed by atoms with Crippen molar-refractivity contribution in [2.45, 2.75) is 38.6 Å². The van der Waals surface area contributed by atoms with Crippen LogP contribution in [0.1, 0.15) is 43.0 Å². The van der Waals surface area contributed by atoms with Gasteiger partial charge >= 0.3 is 0 Å². The predicted molar refractivity (Wildman–Crippen MR) is 78.9 cm³/mol. The van der Waals surface area contributed by atoms with Gasteiger partial charge in [-0.2, -0.15) is 0 Å². The highest BCUT2D eigenvalue weighted by Crippen LogP contribution is 2.48. The van der Waals surface area contributed by atoms with Crippen LogP contribution in [-0.4, -0.2) is 18.4 Å². The smallest absolute Gasteiger partial charge is 0.167 e. The van der Waals surface area contributed by atoms with Crippen molar-refractivity contribution in [3.63, 3.8) is 0 Å². The Kier molecular flexibility index (Phi) is 3.79. The van der Waals surface area contributed by atoms with Gasteiger partial charge < -0.3 is 10.5 Å². The second-order valence-corrected chi connectivity index (χ2v) is 6.17. The first-order valence-corrected chi connectivity index (χ1v) is 7.73. The summed E-state index contributed by atoms with van der Waals surface area (Å²) in [5.41, 5.74) is 7.03. The third kappa shape index (κ3) is 2.35. The van der Waals surface area contributed by atoms with E-state index in [4.69, 9.17) is 10.5 Å². The summed E-state index contributed by atoms with van der Waals surface area (Å²) < 4.78 is 5.55. The second-order valence-electron chi connectivity index (χ2n) is 6.17. The van der Waals surface area contributed by atoms with Crippen molar-refractivity contribution in [3.8, 4) is 5.75 Å². The van der Waals surface area contributed by atoms with Crippen molar-refractivity contribution in [2.75, 3.05) is 6.61 Å². The molecule has 2 N–H and O–H groups in total. The number of rotatable bonds is 5. The molecule has 0 amide bonds. The fraction of sp³-hybridized carbons (Fsp3) is 0.588. The van der Waals surface area contributed by atoms with Crippen molar-refractivity contribution in [2.24, 2.45) is 23.5 Å². The zero-order valence-corrected chi connectivity index (χ0v) is 12.0. The third-order valence-corrected chi connectivity index (χ3v) is 4.90. The Balaban J connectivity index is 1.71. The predicted octanol–water partition coefficient (Wildman–Crippen LogP) is 3.03. The minimum absolute atomic E-state index is 0.0381. The minimum Gasteiger partial charge on any atom is -0.494 e. The van der Waals surface area contributed by atoms with Crippen molar-refractivity contribution >= 4 is 5.78 Å². The summed E-state index contributed by atoms with van der Waals surface area (Å²) in [5.74, 6) is 2.18. The standard InChI is InChI=1S/C17H23NO2/c1-2-9-20-14-7-5-11(6-8-14)17(19)15-12-3-4-13(10-12)16(15)18/h5-8,12-13,15-16H,2-4,9-10,18H2,1H3. The summed E-state index contributed by atoms with van der Waals surface area (Å²) in [4.78, 5) is 12.7. The second kappa shape index (κ2) is 5.57. The number of nitrogens with two attached hydrogens (primary N) is 1. The molecule has 108 valence electrons. The maximum atomic E-state index is 12.7. The van der Waals surface area contributed by atoms with E-state index in [9.17, 15) is 4.79 Å². The Hall–Kier alpha value is -1.35. The molecule has 2 bridgehead atoms. The average molecular weight is 273 g/mol. The highest BCUT2D eigenvalue weighted by molar-refractivity contribution is 5.99. The zero-order valence-electron chi connectivity index (χ0n) is 12.0. The average Bonchev–Trinajstić information content (AvgIpc) is 3.06. The largest absolute Gasteiger partial charge is 0.494 e. The number of hydrogen-bond acceptors (Lipinski definition) is 3. The van der Waals surface area contributed by atoms with Crippen LogP contribution in [-0.2, 0) is 0 Å². The lowest BCUT2D eigenvalue weighted by Crippen LogP contribution is -2.40. The maximum absolute atomic E-state index is 12.7. The Morgan fingerprint density at radius 3 is 2.55 bits per heavy atom.